The highest BCUT2D eigenvalue weighted by Gasteiger charge is 2.27. The normalized spacial score (nSPS) is 11.2. The number of esters is 1. The molecule has 0 aliphatic rings. The van der Waals surface area contributed by atoms with Gasteiger partial charge in [0.05, 0.1) is 17.9 Å². The van der Waals surface area contributed by atoms with Crippen LogP contribution >= 0.6 is 0 Å². The van der Waals surface area contributed by atoms with E-state index in [0.29, 0.717) is 23.3 Å². The van der Waals surface area contributed by atoms with E-state index in [0.717, 1.165) is 17.7 Å². The summed E-state index contributed by atoms with van der Waals surface area (Å²) in [5.74, 6) is -6.69. The van der Waals surface area contributed by atoms with Crippen LogP contribution in [0.2, 0.25) is 0 Å². The number of carbonyl (C=O) groups excluding carboxylic acids is 2. The average molecular weight is 537 g/mol. The van der Waals surface area contributed by atoms with Gasteiger partial charge < -0.3 is 14.2 Å². The third kappa shape index (κ3) is 6.45. The molecule has 0 bridgehead atoms. The molecule has 0 saturated heterocycles. The van der Waals surface area contributed by atoms with Crippen molar-refractivity contribution >= 4 is 33.4 Å². The van der Waals surface area contributed by atoms with Gasteiger partial charge in [0.2, 0.25) is 0 Å². The first-order valence-electron chi connectivity index (χ1n) is 11.0. The van der Waals surface area contributed by atoms with E-state index in [1.165, 1.54) is 6.92 Å². The molecular weight excluding hydrogens is 513 g/mol. The minimum absolute atomic E-state index is 0.00684. The Morgan fingerprint density at radius 1 is 0.973 bits per heavy atom. The Bertz CT molecular complexity index is 1470. The van der Waals surface area contributed by atoms with Gasteiger partial charge >= 0.3 is 16.1 Å². The van der Waals surface area contributed by atoms with Crippen LogP contribution in [0.15, 0.2) is 41.3 Å². The highest BCUT2D eigenvalue weighted by atomic mass is 32.2. The molecular formula is C25H23F3N2O6S. The van der Waals surface area contributed by atoms with Crippen LogP contribution in [0.1, 0.15) is 40.4 Å². The zero-order chi connectivity index (χ0) is 27.5. The van der Waals surface area contributed by atoms with Crippen molar-refractivity contribution in [3.63, 3.8) is 0 Å². The molecule has 12 heteroatoms. The summed E-state index contributed by atoms with van der Waals surface area (Å²) in [6.07, 6.45) is -0.796. The number of ether oxygens (including phenoxy) is 1. The first kappa shape index (κ1) is 27.7. The highest BCUT2D eigenvalue weighted by Crippen LogP contribution is 2.31. The van der Waals surface area contributed by atoms with Crippen LogP contribution < -0.4 is 9.50 Å². The second-order valence-corrected chi connectivity index (χ2v) is 9.57. The number of carbonyl (C=O) groups is 2. The summed E-state index contributed by atoms with van der Waals surface area (Å²) < 4.78 is 78.4. The van der Waals surface area contributed by atoms with Crippen molar-refractivity contribution in [2.24, 2.45) is 0 Å². The molecule has 3 rings (SSSR count). The van der Waals surface area contributed by atoms with Crippen molar-refractivity contribution in [2.45, 2.75) is 39.0 Å². The topological polar surface area (TPSA) is 112 Å². The van der Waals surface area contributed by atoms with Crippen LogP contribution in [0.5, 0.6) is 5.88 Å². The van der Waals surface area contributed by atoms with Crippen molar-refractivity contribution in [3.8, 4) is 5.88 Å². The summed E-state index contributed by atoms with van der Waals surface area (Å²) in [6, 6.07) is 6.28. The second-order valence-electron chi connectivity index (χ2n) is 8.09. The lowest BCUT2D eigenvalue weighted by atomic mass is 10.1. The van der Waals surface area contributed by atoms with Crippen LogP contribution in [-0.4, -0.2) is 31.8 Å². The molecule has 1 heterocycles. The minimum Gasteiger partial charge on any atom is -0.466 e. The number of hydrogen-bond acceptors (Lipinski definition) is 8. The number of aryl methyl sites for hydroxylation is 3. The molecule has 0 radical (unpaired) electrons. The van der Waals surface area contributed by atoms with Gasteiger partial charge in [-0.05, 0) is 57.0 Å². The van der Waals surface area contributed by atoms with Crippen molar-refractivity contribution < 1.29 is 40.1 Å². The molecule has 0 aliphatic carbocycles. The van der Waals surface area contributed by atoms with Gasteiger partial charge in [0, 0.05) is 6.07 Å². The Hall–Kier alpha value is -3.93. The number of pyridine rings is 1. The molecule has 0 amide bonds. The summed E-state index contributed by atoms with van der Waals surface area (Å²) in [6.45, 7) is 6.38. The van der Waals surface area contributed by atoms with Crippen molar-refractivity contribution in [3.05, 3.63) is 76.1 Å². The van der Waals surface area contributed by atoms with E-state index in [1.807, 2.05) is 0 Å². The summed E-state index contributed by atoms with van der Waals surface area (Å²) in [5.41, 5.74) is 0.638. The molecule has 1 aromatic heterocycles. The quantitative estimate of drug-likeness (QED) is 0.175. The minimum atomic E-state index is -4.59. The fraction of sp³-hybridized carbons (Fsp3) is 0.240. The number of benzene rings is 2. The Labute approximate surface area is 211 Å². The van der Waals surface area contributed by atoms with E-state index in [4.69, 9.17) is 8.92 Å². The van der Waals surface area contributed by atoms with Crippen LogP contribution in [0, 0.1) is 38.2 Å². The number of Topliss-reactive ketones (excluding diaryl/α,β-unsaturated/α-hetero) is 1. The van der Waals surface area contributed by atoms with Crippen molar-refractivity contribution in [2.75, 3.05) is 11.9 Å². The smallest absolute Gasteiger partial charge is 0.341 e. The maximum absolute atomic E-state index is 15.0. The molecule has 0 fully saturated rings. The highest BCUT2D eigenvalue weighted by molar-refractivity contribution is 7.87. The Kier molecular flexibility index (Phi) is 8.22. The molecule has 0 atom stereocenters. The van der Waals surface area contributed by atoms with Crippen LogP contribution in [-0.2, 0) is 19.6 Å². The molecule has 0 saturated carbocycles. The lowest BCUT2D eigenvalue weighted by Gasteiger charge is -2.16. The molecule has 2 aromatic carbocycles. The number of hydrogen-bond donors (Lipinski definition) is 1. The van der Waals surface area contributed by atoms with Crippen molar-refractivity contribution in [1.82, 2.24) is 4.98 Å². The number of nitrogens with zero attached hydrogens (tertiary/aromatic N) is 1. The number of rotatable bonds is 9. The van der Waals surface area contributed by atoms with Gasteiger partial charge in [-0.3, -0.25) is 9.59 Å². The molecule has 0 aliphatic heterocycles. The number of anilines is 2. The van der Waals surface area contributed by atoms with Crippen LogP contribution in [0.25, 0.3) is 0 Å². The zero-order valence-corrected chi connectivity index (χ0v) is 21.1. The predicted octanol–water partition coefficient (Wildman–Crippen LogP) is 5.07. The second kappa shape index (κ2) is 11.0. The molecule has 196 valence electrons. The van der Waals surface area contributed by atoms with Crippen LogP contribution in [0.4, 0.5) is 24.7 Å². The summed E-state index contributed by atoms with van der Waals surface area (Å²) in [5, 5.41) is 2.41. The van der Waals surface area contributed by atoms with Gasteiger partial charge in [-0.25, -0.2) is 13.2 Å². The molecule has 0 unspecified atom stereocenters. The Morgan fingerprint density at radius 2 is 1.62 bits per heavy atom. The number of nitrogens with one attached hydrogen (secondary N) is 1. The van der Waals surface area contributed by atoms with Crippen molar-refractivity contribution in [1.29, 1.82) is 0 Å². The van der Waals surface area contributed by atoms with Gasteiger partial charge in [-0.2, -0.15) is 13.4 Å². The largest absolute Gasteiger partial charge is 0.466 e. The summed E-state index contributed by atoms with van der Waals surface area (Å²) in [4.78, 5) is 28.1. The SMILES string of the molecule is CCOC(=O)CC(=O)c1cc(F)c(OS(=O)(=O)c2c(C)cc(C)cc2C)nc1Nc1ccc(F)cc1F. The van der Waals surface area contributed by atoms with Gasteiger partial charge in [-0.15, -0.1) is 0 Å². The monoisotopic (exact) mass is 536 g/mol. The maximum Gasteiger partial charge on any atom is 0.341 e. The zero-order valence-electron chi connectivity index (χ0n) is 20.3. The fourth-order valence-corrected chi connectivity index (χ4v) is 5.02. The van der Waals surface area contributed by atoms with E-state index in [9.17, 15) is 31.2 Å². The van der Waals surface area contributed by atoms with E-state index in [2.05, 4.69) is 10.3 Å². The average Bonchev–Trinajstić information content (AvgIpc) is 2.76. The van der Waals surface area contributed by atoms with Gasteiger partial charge in [-0.1, -0.05) is 17.7 Å². The molecule has 8 nitrogen and oxygen atoms in total. The van der Waals surface area contributed by atoms with E-state index in [1.54, 1.807) is 32.9 Å². The standard InChI is InChI=1S/C25H23F3N2O6S/c1-5-35-22(32)12-21(31)17-11-19(28)25(30-24(17)29-20-7-6-16(26)10-18(20)27)36-37(33,34)23-14(3)8-13(2)9-15(23)4/h6-11H,5,12H2,1-4H3,(H,29,30). The summed E-state index contributed by atoms with van der Waals surface area (Å²) >= 11 is 0. The first-order valence-corrected chi connectivity index (χ1v) is 12.4. The third-order valence-corrected chi connectivity index (χ3v) is 6.60. The number of aromatic nitrogens is 1. The molecule has 1 N–H and O–H groups in total. The number of ketones is 1. The van der Waals surface area contributed by atoms with E-state index in [-0.39, 0.29) is 17.2 Å². The lowest BCUT2D eigenvalue weighted by molar-refractivity contribution is -0.141. The first-order chi connectivity index (χ1) is 17.3. The lowest BCUT2D eigenvalue weighted by Crippen LogP contribution is -2.17. The fourth-order valence-electron chi connectivity index (χ4n) is 3.70. The van der Waals surface area contributed by atoms with E-state index >= 15 is 0 Å². The Morgan fingerprint density at radius 3 is 2.22 bits per heavy atom. The molecule has 37 heavy (non-hydrogen) atoms. The molecule has 3 aromatic rings. The third-order valence-electron chi connectivity index (χ3n) is 5.08. The Balaban J connectivity index is 2.09. The van der Waals surface area contributed by atoms with Gasteiger partial charge in [0.15, 0.2) is 11.6 Å². The van der Waals surface area contributed by atoms with Gasteiger partial charge in [0.1, 0.15) is 28.8 Å². The van der Waals surface area contributed by atoms with E-state index < -0.39 is 63.0 Å². The maximum atomic E-state index is 15.0. The predicted molar refractivity (Wildman–Crippen MR) is 128 cm³/mol. The number of halogens is 3. The summed E-state index contributed by atoms with van der Waals surface area (Å²) in [7, 11) is -4.59. The molecule has 0 spiro atoms. The van der Waals surface area contributed by atoms with Crippen LogP contribution in [0.3, 0.4) is 0 Å². The van der Waals surface area contributed by atoms with Gasteiger partial charge in [0.25, 0.3) is 5.88 Å².